The summed E-state index contributed by atoms with van der Waals surface area (Å²) in [5.74, 6) is 0.449. The summed E-state index contributed by atoms with van der Waals surface area (Å²) in [5.41, 5.74) is -1.90. The topological polar surface area (TPSA) is 208 Å². The summed E-state index contributed by atoms with van der Waals surface area (Å²) in [7, 11) is 0. The Labute approximate surface area is 325 Å². The lowest BCUT2D eigenvalue weighted by molar-refractivity contribution is -0.367. The zero-order chi connectivity index (χ0) is 39.9. The van der Waals surface area contributed by atoms with Crippen molar-refractivity contribution in [3.8, 4) is 0 Å². The van der Waals surface area contributed by atoms with Gasteiger partial charge in [-0.3, -0.25) is 0 Å². The van der Waals surface area contributed by atoms with Gasteiger partial charge in [0.2, 0.25) is 0 Å². The Morgan fingerprint density at radius 1 is 0.727 bits per heavy atom. The maximum Gasteiger partial charge on any atom is 0.187 e. The first kappa shape index (κ1) is 41.0. The van der Waals surface area contributed by atoms with Crippen molar-refractivity contribution in [2.24, 2.45) is 50.2 Å². The summed E-state index contributed by atoms with van der Waals surface area (Å²) in [6, 6.07) is 0. The highest BCUT2D eigenvalue weighted by Crippen LogP contribution is 2.79. The zero-order valence-electron chi connectivity index (χ0n) is 33.7. The van der Waals surface area contributed by atoms with E-state index in [1.807, 2.05) is 0 Å². The van der Waals surface area contributed by atoms with E-state index in [0.717, 1.165) is 38.5 Å². The lowest BCUT2D eigenvalue weighted by Crippen LogP contribution is -2.72. The van der Waals surface area contributed by atoms with Crippen molar-refractivity contribution < 1.29 is 64.5 Å². The van der Waals surface area contributed by atoms with Crippen LogP contribution in [-0.2, 0) is 23.7 Å². The van der Waals surface area contributed by atoms with E-state index < -0.39 is 91.2 Å². The molecule has 8 N–H and O–H groups in total. The van der Waals surface area contributed by atoms with Crippen molar-refractivity contribution in [1.82, 2.24) is 0 Å². The molecule has 0 aromatic rings. The van der Waals surface area contributed by atoms with Crippen molar-refractivity contribution in [3.05, 3.63) is 12.2 Å². The Morgan fingerprint density at radius 3 is 2.13 bits per heavy atom. The predicted octanol–water partition coefficient (Wildman–Crippen LogP) is 1.78. The number of fused-ring (bicyclic) bond motifs is 4. The molecule has 3 heterocycles. The highest BCUT2D eigenvalue weighted by Gasteiger charge is 2.79. The van der Waals surface area contributed by atoms with Gasteiger partial charge < -0.3 is 64.5 Å². The molecule has 1 spiro atoms. The van der Waals surface area contributed by atoms with Gasteiger partial charge in [0.15, 0.2) is 12.6 Å². The third-order valence-electron chi connectivity index (χ3n) is 17.9. The molecule has 4 saturated carbocycles. The van der Waals surface area contributed by atoms with Crippen molar-refractivity contribution in [2.75, 3.05) is 19.8 Å². The molecule has 0 aromatic heterocycles. The molecule has 8 rings (SSSR count). The molecule has 0 unspecified atom stereocenters. The first-order chi connectivity index (χ1) is 25.7. The molecule has 13 nitrogen and oxygen atoms in total. The summed E-state index contributed by atoms with van der Waals surface area (Å²) in [4.78, 5) is 0. The molecule has 21 atom stereocenters. The summed E-state index contributed by atoms with van der Waals surface area (Å²) >= 11 is 0. The van der Waals surface area contributed by atoms with Crippen molar-refractivity contribution in [2.45, 2.75) is 179 Å². The molecule has 0 amide bonds. The molecular weight excluding hydrogens is 712 g/mol. The number of ether oxygens (including phenoxy) is 5. The van der Waals surface area contributed by atoms with Gasteiger partial charge in [0.25, 0.3) is 0 Å². The van der Waals surface area contributed by atoms with Gasteiger partial charge >= 0.3 is 0 Å². The van der Waals surface area contributed by atoms with Gasteiger partial charge in [0, 0.05) is 22.2 Å². The minimum Gasteiger partial charge on any atom is -0.396 e. The summed E-state index contributed by atoms with van der Waals surface area (Å²) in [6.07, 6.45) is -3.39. The molecule has 55 heavy (non-hydrogen) atoms. The second kappa shape index (κ2) is 13.4. The van der Waals surface area contributed by atoms with E-state index >= 15 is 0 Å². The van der Waals surface area contributed by atoms with E-state index in [1.165, 1.54) is 0 Å². The fraction of sp³-hybridized carbons (Fsp3) is 0.952. The van der Waals surface area contributed by atoms with Crippen LogP contribution in [0.3, 0.4) is 0 Å². The monoisotopic (exact) mass is 780 g/mol. The summed E-state index contributed by atoms with van der Waals surface area (Å²) < 4.78 is 31.2. The molecule has 0 radical (unpaired) electrons. The first-order valence-electron chi connectivity index (χ1n) is 20.9. The van der Waals surface area contributed by atoms with Crippen LogP contribution in [0.4, 0.5) is 0 Å². The third kappa shape index (κ3) is 5.44. The SMILES string of the molecule is C[C@H]1O[C@@H](O[C@H]2CC[C@@]3(C)[C@@H](CC[C@]4(C)[C@@H]3C=C[C@@]35OC[C@@]6(CCC(C)(C)C[C@H]63)[C@@H](O)C[C@@]45C)[C@]2(C)CO)[C@H](O)[C@@H](O[C@@H]2O[C@H](CO)[C@@H](O)[C@H](O)[C@H]2O)[C@H]1O. The van der Waals surface area contributed by atoms with Gasteiger partial charge in [-0.25, -0.2) is 0 Å². The third-order valence-corrected chi connectivity index (χ3v) is 17.9. The molecule has 3 aliphatic heterocycles. The van der Waals surface area contributed by atoms with Gasteiger partial charge in [0.05, 0.1) is 43.7 Å². The smallest absolute Gasteiger partial charge is 0.187 e. The maximum absolute atomic E-state index is 12.1. The average Bonchev–Trinajstić information content (AvgIpc) is 3.41. The van der Waals surface area contributed by atoms with Crippen molar-refractivity contribution >= 4 is 0 Å². The Kier molecular flexibility index (Phi) is 9.95. The van der Waals surface area contributed by atoms with E-state index in [-0.39, 0.29) is 51.4 Å². The van der Waals surface area contributed by atoms with Crippen LogP contribution >= 0.6 is 0 Å². The van der Waals surface area contributed by atoms with Crippen LogP contribution < -0.4 is 0 Å². The number of aliphatic hydroxyl groups is 8. The highest BCUT2D eigenvalue weighted by atomic mass is 16.7. The van der Waals surface area contributed by atoms with Gasteiger partial charge in [-0.05, 0) is 86.4 Å². The normalized spacial score (nSPS) is 59.7. The predicted molar refractivity (Wildman–Crippen MR) is 197 cm³/mol. The number of hydrogen-bond acceptors (Lipinski definition) is 13. The van der Waals surface area contributed by atoms with E-state index in [0.29, 0.717) is 19.4 Å². The Balaban J connectivity index is 1.05. The minimum absolute atomic E-state index is 0.0414. The largest absolute Gasteiger partial charge is 0.396 e. The minimum atomic E-state index is -1.72. The van der Waals surface area contributed by atoms with E-state index in [4.69, 9.17) is 23.7 Å². The number of aliphatic hydroxyl groups excluding tert-OH is 8. The van der Waals surface area contributed by atoms with Crippen LogP contribution in [0.2, 0.25) is 0 Å². The molecule has 7 fully saturated rings. The van der Waals surface area contributed by atoms with E-state index in [2.05, 4.69) is 53.7 Å². The Morgan fingerprint density at radius 2 is 1.44 bits per heavy atom. The zero-order valence-corrected chi connectivity index (χ0v) is 33.7. The fourth-order valence-corrected chi connectivity index (χ4v) is 14.3. The molecule has 5 aliphatic carbocycles. The maximum atomic E-state index is 12.1. The molecular formula is C42H68O13. The van der Waals surface area contributed by atoms with E-state index in [9.17, 15) is 40.9 Å². The standard InChI is InChI=1S/C42H68O13/c1-21-28(46)33(55-34-31(49)30(48)29(47)22(18-43)53-34)32(50)35(52-21)54-27-10-11-37(4)23(38(27,5)19-44)8-12-39(6)24(37)9-13-42-25-16-36(2,3)14-15-41(25,20-51-42)26(45)17-40(39,42)7/h9,13,21-35,43-50H,8,10-12,14-20H2,1-7H3/t21-,22-,23-,24-,25-,26+,27+,28+,29-,30+,31-,32-,33+,34+,35+,37+,38+,39-,40+,41-,42-/m1/s1. The van der Waals surface area contributed by atoms with Gasteiger partial charge in [-0.15, -0.1) is 0 Å². The lowest BCUT2D eigenvalue weighted by atomic mass is 9.32. The van der Waals surface area contributed by atoms with Crippen LogP contribution in [0.15, 0.2) is 12.2 Å². The van der Waals surface area contributed by atoms with Crippen LogP contribution in [0.5, 0.6) is 0 Å². The second-order valence-corrected chi connectivity index (χ2v) is 21.0. The molecule has 0 aromatic carbocycles. The molecule has 3 saturated heterocycles. The molecule has 2 bridgehead atoms. The summed E-state index contributed by atoms with van der Waals surface area (Å²) in [6.45, 7) is 15.4. The van der Waals surface area contributed by atoms with Gasteiger partial charge in [0.1, 0.15) is 42.7 Å². The average molecular weight is 781 g/mol. The number of allylic oxidation sites excluding steroid dienone is 1. The quantitative estimate of drug-likeness (QED) is 0.143. The first-order valence-corrected chi connectivity index (χ1v) is 20.9. The Hall–Kier alpha value is -0.780. The fourth-order valence-electron chi connectivity index (χ4n) is 14.3. The summed E-state index contributed by atoms with van der Waals surface area (Å²) in [5, 5.41) is 87.0. The molecule has 13 heteroatoms. The number of hydrogen-bond donors (Lipinski definition) is 8. The second-order valence-electron chi connectivity index (χ2n) is 21.0. The lowest BCUT2D eigenvalue weighted by Gasteiger charge is -2.73. The van der Waals surface area contributed by atoms with Crippen LogP contribution in [0.1, 0.15) is 99.8 Å². The number of rotatable bonds is 6. The molecule has 8 aliphatic rings. The van der Waals surface area contributed by atoms with Gasteiger partial charge in [-0.1, -0.05) is 53.7 Å². The van der Waals surface area contributed by atoms with Crippen LogP contribution in [-0.4, -0.2) is 140 Å². The Bertz CT molecular complexity index is 1490. The van der Waals surface area contributed by atoms with Crippen LogP contribution in [0.25, 0.3) is 0 Å². The highest BCUT2D eigenvalue weighted by molar-refractivity contribution is 5.36. The van der Waals surface area contributed by atoms with Gasteiger partial charge in [-0.2, -0.15) is 0 Å². The van der Waals surface area contributed by atoms with Crippen molar-refractivity contribution in [1.29, 1.82) is 0 Å². The van der Waals surface area contributed by atoms with Crippen molar-refractivity contribution in [3.63, 3.8) is 0 Å². The van der Waals surface area contributed by atoms with E-state index in [1.54, 1.807) is 6.92 Å². The molecule has 314 valence electrons. The van der Waals surface area contributed by atoms with Crippen LogP contribution in [0, 0.1) is 50.2 Å².